The molecule has 1 amide bonds. The molecule has 0 spiro atoms. The molecule has 0 bridgehead atoms. The number of anilines is 1. The number of fused-ring (bicyclic) bond motifs is 1. The molecular weight excluding hydrogens is 316 g/mol. The molecule has 0 radical (unpaired) electrons. The minimum Gasteiger partial charge on any atom is -0.302 e. The number of hydrogen-bond acceptors (Lipinski definition) is 3. The topological polar surface area (TPSA) is 42.0 Å². The van der Waals surface area contributed by atoms with Crippen LogP contribution < -0.4 is 5.32 Å². The first kappa shape index (κ1) is 15.0. The molecule has 0 aliphatic rings. The number of thiazole rings is 1. The number of carbonyl (C=O) groups is 1. The summed E-state index contributed by atoms with van der Waals surface area (Å²) >= 11 is 7.39. The van der Waals surface area contributed by atoms with Crippen molar-refractivity contribution in [2.45, 2.75) is 20.3 Å². The Morgan fingerprint density at radius 3 is 2.86 bits per heavy atom. The van der Waals surface area contributed by atoms with Crippen molar-refractivity contribution >= 4 is 44.2 Å². The van der Waals surface area contributed by atoms with Gasteiger partial charge < -0.3 is 5.32 Å². The summed E-state index contributed by atoms with van der Waals surface area (Å²) < 4.78 is 0.967. The lowest BCUT2D eigenvalue weighted by molar-refractivity contribution is -0.115. The van der Waals surface area contributed by atoms with Gasteiger partial charge in [0.25, 0.3) is 0 Å². The molecular formula is C17H15ClN2OS. The Bertz CT molecular complexity index is 857. The monoisotopic (exact) mass is 330 g/mol. The summed E-state index contributed by atoms with van der Waals surface area (Å²) in [6, 6.07) is 11.6. The molecule has 0 unspecified atom stereocenters. The summed E-state index contributed by atoms with van der Waals surface area (Å²) in [5.41, 5.74) is 4.16. The molecule has 0 saturated heterocycles. The lowest BCUT2D eigenvalue weighted by Gasteiger charge is -2.06. The molecule has 0 fully saturated rings. The molecule has 3 aromatic rings. The van der Waals surface area contributed by atoms with Crippen LogP contribution >= 0.6 is 22.9 Å². The minimum absolute atomic E-state index is 0.0566. The first-order valence-electron chi connectivity index (χ1n) is 6.93. The molecule has 112 valence electrons. The van der Waals surface area contributed by atoms with Gasteiger partial charge in [-0.05, 0) is 43.2 Å². The molecule has 22 heavy (non-hydrogen) atoms. The lowest BCUT2D eigenvalue weighted by Crippen LogP contribution is -2.14. The van der Waals surface area contributed by atoms with E-state index in [-0.39, 0.29) is 5.91 Å². The standard InChI is InChI=1S/C17H15ClN2OS/c1-10-3-4-11(2)12(7-10)8-16(21)20-17-19-14-6-5-13(18)9-15(14)22-17/h3-7,9H,8H2,1-2H3,(H,19,20,21). The Morgan fingerprint density at radius 2 is 2.05 bits per heavy atom. The van der Waals surface area contributed by atoms with Crippen molar-refractivity contribution in [1.29, 1.82) is 0 Å². The van der Waals surface area contributed by atoms with Gasteiger partial charge in [-0.3, -0.25) is 4.79 Å². The average molecular weight is 331 g/mol. The Hall–Kier alpha value is -1.91. The van der Waals surface area contributed by atoms with E-state index in [4.69, 9.17) is 11.6 Å². The van der Waals surface area contributed by atoms with E-state index in [1.165, 1.54) is 11.3 Å². The van der Waals surface area contributed by atoms with Gasteiger partial charge >= 0.3 is 0 Å². The van der Waals surface area contributed by atoms with E-state index in [1.807, 2.05) is 44.2 Å². The molecule has 2 aromatic carbocycles. The van der Waals surface area contributed by atoms with Crippen molar-refractivity contribution in [1.82, 2.24) is 4.98 Å². The Kier molecular flexibility index (Phi) is 4.14. The summed E-state index contributed by atoms with van der Waals surface area (Å²) in [7, 11) is 0. The summed E-state index contributed by atoms with van der Waals surface area (Å²) in [5.74, 6) is -0.0566. The van der Waals surface area contributed by atoms with Gasteiger partial charge in [-0.2, -0.15) is 0 Å². The second kappa shape index (κ2) is 6.07. The summed E-state index contributed by atoms with van der Waals surface area (Å²) in [5, 5.41) is 4.15. The van der Waals surface area contributed by atoms with Crippen molar-refractivity contribution in [3.05, 3.63) is 58.1 Å². The van der Waals surface area contributed by atoms with Crippen LogP contribution in [0.4, 0.5) is 5.13 Å². The van der Waals surface area contributed by atoms with E-state index >= 15 is 0 Å². The SMILES string of the molecule is Cc1ccc(C)c(CC(=O)Nc2nc3ccc(Cl)cc3s2)c1. The second-order valence-electron chi connectivity index (χ2n) is 5.29. The molecule has 0 saturated carbocycles. The number of hydrogen-bond donors (Lipinski definition) is 1. The number of halogens is 1. The number of carbonyl (C=O) groups excluding carboxylic acids is 1. The Balaban J connectivity index is 1.76. The third kappa shape index (κ3) is 3.29. The van der Waals surface area contributed by atoms with Crippen LogP contribution in [0.1, 0.15) is 16.7 Å². The first-order chi connectivity index (χ1) is 10.5. The number of amides is 1. The van der Waals surface area contributed by atoms with Gasteiger partial charge in [0, 0.05) is 5.02 Å². The predicted molar refractivity (Wildman–Crippen MR) is 92.9 cm³/mol. The fourth-order valence-corrected chi connectivity index (χ4v) is 3.44. The number of rotatable bonds is 3. The van der Waals surface area contributed by atoms with Gasteiger partial charge in [0.1, 0.15) is 0 Å². The quantitative estimate of drug-likeness (QED) is 0.753. The van der Waals surface area contributed by atoms with Crippen LogP contribution in [0.3, 0.4) is 0 Å². The Labute approximate surface area is 138 Å². The van der Waals surface area contributed by atoms with E-state index in [1.54, 1.807) is 6.07 Å². The van der Waals surface area contributed by atoms with Gasteiger partial charge in [-0.25, -0.2) is 4.98 Å². The molecule has 3 nitrogen and oxygen atoms in total. The highest BCUT2D eigenvalue weighted by Crippen LogP contribution is 2.28. The number of nitrogens with zero attached hydrogens (tertiary/aromatic N) is 1. The molecule has 3 rings (SSSR count). The molecule has 0 aliphatic heterocycles. The van der Waals surface area contributed by atoms with Gasteiger partial charge in [-0.15, -0.1) is 0 Å². The van der Waals surface area contributed by atoms with Crippen LogP contribution in [0.5, 0.6) is 0 Å². The summed E-state index contributed by atoms with van der Waals surface area (Å²) in [6.45, 7) is 4.04. The van der Waals surface area contributed by atoms with Crippen LogP contribution in [0.25, 0.3) is 10.2 Å². The molecule has 0 aliphatic carbocycles. The minimum atomic E-state index is -0.0566. The fraction of sp³-hybridized carbons (Fsp3) is 0.176. The number of benzene rings is 2. The van der Waals surface area contributed by atoms with Crippen LogP contribution in [0.2, 0.25) is 5.02 Å². The van der Waals surface area contributed by atoms with Crippen LogP contribution in [-0.4, -0.2) is 10.9 Å². The number of aryl methyl sites for hydroxylation is 2. The second-order valence-corrected chi connectivity index (χ2v) is 6.75. The maximum Gasteiger partial charge on any atom is 0.230 e. The third-order valence-electron chi connectivity index (χ3n) is 3.45. The van der Waals surface area contributed by atoms with Crippen molar-refractivity contribution < 1.29 is 4.79 Å². The first-order valence-corrected chi connectivity index (χ1v) is 8.13. The van der Waals surface area contributed by atoms with Crippen molar-refractivity contribution in [2.24, 2.45) is 0 Å². The Morgan fingerprint density at radius 1 is 1.23 bits per heavy atom. The van der Waals surface area contributed by atoms with E-state index < -0.39 is 0 Å². The zero-order valence-corrected chi connectivity index (χ0v) is 13.9. The average Bonchev–Trinajstić information content (AvgIpc) is 2.84. The van der Waals surface area contributed by atoms with E-state index in [9.17, 15) is 4.79 Å². The molecule has 5 heteroatoms. The van der Waals surface area contributed by atoms with Crippen molar-refractivity contribution in [2.75, 3.05) is 5.32 Å². The highest BCUT2D eigenvalue weighted by Gasteiger charge is 2.10. The molecule has 1 heterocycles. The highest BCUT2D eigenvalue weighted by atomic mass is 35.5. The maximum absolute atomic E-state index is 12.2. The smallest absolute Gasteiger partial charge is 0.230 e. The molecule has 1 N–H and O–H groups in total. The van der Waals surface area contributed by atoms with Gasteiger partial charge in [0.15, 0.2) is 5.13 Å². The third-order valence-corrected chi connectivity index (χ3v) is 4.62. The van der Waals surface area contributed by atoms with E-state index in [0.717, 1.165) is 26.9 Å². The van der Waals surface area contributed by atoms with Crippen LogP contribution in [0, 0.1) is 13.8 Å². The number of aromatic nitrogens is 1. The highest BCUT2D eigenvalue weighted by molar-refractivity contribution is 7.22. The zero-order chi connectivity index (χ0) is 15.7. The van der Waals surface area contributed by atoms with Gasteiger partial charge in [-0.1, -0.05) is 46.7 Å². The number of nitrogens with one attached hydrogen (secondary N) is 1. The van der Waals surface area contributed by atoms with E-state index in [2.05, 4.69) is 10.3 Å². The summed E-state index contributed by atoms with van der Waals surface area (Å²) in [4.78, 5) is 16.6. The molecule has 1 aromatic heterocycles. The van der Waals surface area contributed by atoms with E-state index in [0.29, 0.717) is 16.6 Å². The predicted octanol–water partition coefficient (Wildman–Crippen LogP) is 4.75. The molecule has 0 atom stereocenters. The fourth-order valence-electron chi connectivity index (χ4n) is 2.28. The van der Waals surface area contributed by atoms with Crippen LogP contribution in [0.15, 0.2) is 36.4 Å². The van der Waals surface area contributed by atoms with Crippen LogP contribution in [-0.2, 0) is 11.2 Å². The largest absolute Gasteiger partial charge is 0.302 e. The normalized spacial score (nSPS) is 10.9. The van der Waals surface area contributed by atoms with Crippen molar-refractivity contribution in [3.63, 3.8) is 0 Å². The van der Waals surface area contributed by atoms with Crippen molar-refractivity contribution in [3.8, 4) is 0 Å². The summed E-state index contributed by atoms with van der Waals surface area (Å²) in [6.07, 6.45) is 0.351. The lowest BCUT2D eigenvalue weighted by atomic mass is 10.0. The van der Waals surface area contributed by atoms with Gasteiger partial charge in [0.05, 0.1) is 16.6 Å². The van der Waals surface area contributed by atoms with Gasteiger partial charge in [0.2, 0.25) is 5.91 Å². The zero-order valence-electron chi connectivity index (χ0n) is 12.3. The maximum atomic E-state index is 12.2.